The van der Waals surface area contributed by atoms with Gasteiger partial charge in [-0.2, -0.15) is 19.0 Å². The van der Waals surface area contributed by atoms with E-state index >= 15 is 0 Å². The molecule has 2 aromatic carbocycles. The van der Waals surface area contributed by atoms with Gasteiger partial charge in [0, 0.05) is 24.4 Å². The van der Waals surface area contributed by atoms with Crippen molar-refractivity contribution in [2.75, 3.05) is 10.0 Å². The van der Waals surface area contributed by atoms with Crippen LogP contribution in [-0.4, -0.2) is 40.1 Å². The fourth-order valence-electron chi connectivity index (χ4n) is 3.67. The summed E-state index contributed by atoms with van der Waals surface area (Å²) in [5.41, 5.74) is 7.03. The van der Waals surface area contributed by atoms with Crippen molar-refractivity contribution in [2.24, 2.45) is 12.8 Å². The van der Waals surface area contributed by atoms with E-state index in [1.165, 1.54) is 42.5 Å². The van der Waals surface area contributed by atoms with Crippen LogP contribution >= 0.6 is 0 Å². The van der Waals surface area contributed by atoms with Gasteiger partial charge in [0.05, 0.1) is 5.69 Å². The van der Waals surface area contributed by atoms with Crippen molar-refractivity contribution in [1.82, 2.24) is 20.0 Å². The van der Waals surface area contributed by atoms with E-state index < -0.39 is 33.6 Å². The highest BCUT2D eigenvalue weighted by molar-refractivity contribution is 7.93. The van der Waals surface area contributed by atoms with E-state index in [2.05, 4.69) is 20.6 Å². The number of nitrogens with one attached hydrogen (secondary N) is 3. The molecule has 0 fully saturated rings. The minimum absolute atomic E-state index is 0.0308. The Morgan fingerprint density at radius 2 is 1.85 bits per heavy atom. The first-order valence-electron chi connectivity index (χ1n) is 11.4. The van der Waals surface area contributed by atoms with Crippen LogP contribution in [0.25, 0.3) is 11.3 Å². The van der Waals surface area contributed by atoms with Crippen molar-refractivity contribution < 1.29 is 31.1 Å². The van der Waals surface area contributed by atoms with Gasteiger partial charge < -0.3 is 15.8 Å². The molecule has 39 heavy (non-hydrogen) atoms. The van der Waals surface area contributed by atoms with Crippen LogP contribution in [0.1, 0.15) is 34.6 Å². The van der Waals surface area contributed by atoms with Crippen LogP contribution < -0.4 is 20.5 Å². The predicted molar refractivity (Wildman–Crippen MR) is 138 cm³/mol. The average Bonchev–Trinajstić information content (AvgIpc) is 3.42. The Kier molecular flexibility index (Phi) is 7.53. The lowest BCUT2D eigenvalue weighted by Gasteiger charge is -2.19. The number of primary amides is 1. The number of hydrogen-bond acceptors (Lipinski definition) is 7. The highest BCUT2D eigenvalue weighted by atomic mass is 32.2. The van der Waals surface area contributed by atoms with Crippen LogP contribution in [0.4, 0.5) is 30.5 Å². The Balaban J connectivity index is 1.76. The van der Waals surface area contributed by atoms with Crippen LogP contribution in [0, 0.1) is 12.7 Å². The summed E-state index contributed by atoms with van der Waals surface area (Å²) in [5.74, 6) is -4.58. The number of anilines is 3. The number of halogens is 3. The number of alkyl halides is 2. The third-order valence-corrected chi connectivity index (χ3v) is 6.74. The molecule has 0 saturated carbocycles. The Bertz CT molecular complexity index is 1600. The molecule has 4 rings (SSSR count). The predicted octanol–water partition coefficient (Wildman–Crippen LogP) is 4.20. The second-order valence-electron chi connectivity index (χ2n) is 8.54. The molecule has 0 bridgehead atoms. The number of aryl methyl sites for hydroxylation is 2. The number of sulfonamides is 1. The first-order valence-corrected chi connectivity index (χ1v) is 12.9. The number of rotatable bonds is 10. The van der Waals surface area contributed by atoms with Crippen LogP contribution in [0.2, 0.25) is 0 Å². The number of H-pyrrole nitrogens is 1. The van der Waals surface area contributed by atoms with Crippen molar-refractivity contribution in [3.8, 4) is 17.0 Å². The molecule has 0 saturated heterocycles. The fraction of sp³-hybridized carbons (Fsp3) is 0.208. The van der Waals surface area contributed by atoms with E-state index in [0.29, 0.717) is 11.4 Å². The molecule has 2 heterocycles. The third-order valence-electron chi connectivity index (χ3n) is 5.76. The van der Waals surface area contributed by atoms with Crippen LogP contribution in [0.15, 0.2) is 48.5 Å². The van der Waals surface area contributed by atoms with E-state index in [1.807, 2.05) is 11.6 Å². The Hall–Kier alpha value is -4.53. The van der Waals surface area contributed by atoms with Gasteiger partial charge in [-0.3, -0.25) is 19.3 Å². The summed E-state index contributed by atoms with van der Waals surface area (Å²) in [6, 6.07) is 11.0. The lowest BCUT2D eigenvalue weighted by atomic mass is 10.1. The largest absolute Gasteiger partial charge is 0.484 e. The van der Waals surface area contributed by atoms with E-state index in [-0.39, 0.29) is 34.1 Å². The summed E-state index contributed by atoms with van der Waals surface area (Å²) in [4.78, 5) is 12.4. The van der Waals surface area contributed by atoms with E-state index in [4.69, 9.17) is 10.5 Å². The van der Waals surface area contributed by atoms with Gasteiger partial charge in [0.25, 0.3) is 15.9 Å². The Morgan fingerprint density at radius 1 is 1.15 bits per heavy atom. The molecule has 15 heteroatoms. The summed E-state index contributed by atoms with van der Waals surface area (Å²) in [6.45, 7) is 3.44. The zero-order valence-electron chi connectivity index (χ0n) is 20.9. The summed E-state index contributed by atoms with van der Waals surface area (Å²) < 4.78 is 72.6. The van der Waals surface area contributed by atoms with E-state index in [0.717, 1.165) is 5.69 Å². The maximum atomic E-state index is 13.4. The number of benzene rings is 2. The zero-order chi connectivity index (χ0) is 28.5. The van der Waals surface area contributed by atoms with Gasteiger partial charge in [-0.05, 0) is 43.7 Å². The highest BCUT2D eigenvalue weighted by Gasteiger charge is 2.27. The monoisotopic (exact) mass is 563 g/mol. The molecule has 2 aromatic heterocycles. The van der Waals surface area contributed by atoms with Gasteiger partial charge in [0.15, 0.2) is 5.82 Å². The number of carbonyl (C=O) groups is 1. The molecule has 0 aliphatic rings. The van der Waals surface area contributed by atoms with Crippen molar-refractivity contribution in [3.63, 3.8) is 0 Å². The van der Waals surface area contributed by atoms with Gasteiger partial charge in [-0.1, -0.05) is 18.2 Å². The van der Waals surface area contributed by atoms with E-state index in [1.54, 1.807) is 24.7 Å². The van der Waals surface area contributed by atoms with Crippen molar-refractivity contribution in [1.29, 1.82) is 0 Å². The number of carbonyl (C=O) groups excluding carboxylic acids is 1. The SMILES string of the molecule is Cc1cc(Nc2[nH]nc(-c3ccc(NS(=O)(=O)C(F)F)c(O[C@@H](C)c4ccc(F)cc4)c3)c2C(N)=O)nn1C. The Morgan fingerprint density at radius 3 is 2.44 bits per heavy atom. The minimum atomic E-state index is -5.04. The van der Waals surface area contributed by atoms with Crippen LogP contribution in [-0.2, 0) is 17.1 Å². The molecule has 1 atom stereocenters. The molecule has 0 aliphatic heterocycles. The normalized spacial score (nSPS) is 12.4. The molecule has 0 unspecified atom stereocenters. The maximum Gasteiger partial charge on any atom is 0.355 e. The van der Waals surface area contributed by atoms with Crippen LogP contribution in [0.5, 0.6) is 5.75 Å². The number of ether oxygens (including phenoxy) is 1. The molecule has 0 aliphatic carbocycles. The summed E-state index contributed by atoms with van der Waals surface area (Å²) in [6.07, 6.45) is -0.755. The molecule has 4 aromatic rings. The molecular formula is C24H24F3N7O4S. The highest BCUT2D eigenvalue weighted by Crippen LogP contribution is 2.37. The zero-order valence-corrected chi connectivity index (χ0v) is 21.7. The minimum Gasteiger partial charge on any atom is -0.484 e. The van der Waals surface area contributed by atoms with Crippen molar-refractivity contribution >= 4 is 33.3 Å². The standard InChI is InChI=1S/C24H24F3N7O4S/c1-12-10-19(32-34(12)3)29-23-20(22(28)35)21(30-31-23)15-6-9-17(33-39(36,37)24(26)27)18(11-15)38-13(2)14-4-7-16(25)8-5-14/h4-11,13,24,33H,1-3H3,(H2,28,35)(H2,29,30,31,32)/t13-/m0/s1. The average molecular weight is 564 g/mol. The van der Waals surface area contributed by atoms with E-state index in [9.17, 15) is 26.4 Å². The Labute approximate surface area is 221 Å². The molecular weight excluding hydrogens is 539 g/mol. The first kappa shape index (κ1) is 27.5. The molecule has 11 nitrogen and oxygen atoms in total. The molecule has 0 radical (unpaired) electrons. The van der Waals surface area contributed by atoms with Gasteiger partial charge in [-0.15, -0.1) is 0 Å². The summed E-state index contributed by atoms with van der Waals surface area (Å²) >= 11 is 0. The van der Waals surface area contributed by atoms with Gasteiger partial charge >= 0.3 is 5.76 Å². The third kappa shape index (κ3) is 5.98. The van der Waals surface area contributed by atoms with Crippen molar-refractivity contribution in [2.45, 2.75) is 25.7 Å². The quantitative estimate of drug-likeness (QED) is 0.225. The molecule has 5 N–H and O–H groups in total. The number of hydrogen-bond donors (Lipinski definition) is 4. The lowest BCUT2D eigenvalue weighted by molar-refractivity contribution is 0.100. The second kappa shape index (κ2) is 10.7. The van der Waals surface area contributed by atoms with Crippen LogP contribution in [0.3, 0.4) is 0 Å². The maximum absolute atomic E-state index is 13.4. The number of amides is 1. The molecule has 206 valence electrons. The van der Waals surface area contributed by atoms with Crippen molar-refractivity contribution in [3.05, 3.63) is 71.2 Å². The molecule has 1 amide bonds. The summed E-state index contributed by atoms with van der Waals surface area (Å²) in [7, 11) is -3.30. The fourth-order valence-corrected chi connectivity index (χ4v) is 4.24. The number of aromatic nitrogens is 4. The molecule has 0 spiro atoms. The topological polar surface area (TPSA) is 157 Å². The smallest absolute Gasteiger partial charge is 0.355 e. The van der Waals surface area contributed by atoms with Gasteiger partial charge in [0.1, 0.15) is 34.7 Å². The lowest BCUT2D eigenvalue weighted by Crippen LogP contribution is -2.21. The summed E-state index contributed by atoms with van der Waals surface area (Å²) in [5, 5.41) is 14.1. The number of aromatic amines is 1. The number of nitrogens with two attached hydrogens (primary N) is 1. The second-order valence-corrected chi connectivity index (χ2v) is 10.2. The van der Waals surface area contributed by atoms with Gasteiger partial charge in [0.2, 0.25) is 0 Å². The number of nitrogens with zero attached hydrogens (tertiary/aromatic N) is 3. The first-order chi connectivity index (χ1) is 18.4. The van der Waals surface area contributed by atoms with Gasteiger partial charge in [-0.25, -0.2) is 12.8 Å².